The minimum atomic E-state index is -0.232. The first-order valence-electron chi connectivity index (χ1n) is 4.68. The van der Waals surface area contributed by atoms with E-state index in [9.17, 15) is 9.18 Å². The second-order valence-electron chi connectivity index (χ2n) is 3.80. The summed E-state index contributed by atoms with van der Waals surface area (Å²) in [5.41, 5.74) is 1.64. The van der Waals surface area contributed by atoms with Gasteiger partial charge >= 0.3 is 0 Å². The van der Waals surface area contributed by atoms with Gasteiger partial charge in [-0.2, -0.15) is 0 Å². The molecule has 1 aliphatic heterocycles. The van der Waals surface area contributed by atoms with Gasteiger partial charge in [0.25, 0.3) is 5.91 Å². The summed E-state index contributed by atoms with van der Waals surface area (Å²) in [5, 5.41) is 2.78. The molecule has 1 N–H and O–H groups in total. The Morgan fingerprint density at radius 1 is 1.50 bits per heavy atom. The van der Waals surface area contributed by atoms with E-state index in [1.54, 1.807) is 19.1 Å². The number of carbonyl (C=O) groups excluding carboxylic acids is 1. The van der Waals surface area contributed by atoms with E-state index in [1.807, 2.05) is 6.92 Å². The molecule has 14 heavy (non-hydrogen) atoms. The van der Waals surface area contributed by atoms with E-state index in [-0.39, 0.29) is 17.8 Å². The van der Waals surface area contributed by atoms with Gasteiger partial charge in [-0.05, 0) is 31.9 Å². The van der Waals surface area contributed by atoms with E-state index in [2.05, 4.69) is 5.32 Å². The quantitative estimate of drug-likeness (QED) is 0.669. The maximum atomic E-state index is 13.7. The highest BCUT2D eigenvalue weighted by Gasteiger charge is 2.24. The van der Waals surface area contributed by atoms with E-state index in [4.69, 9.17) is 0 Å². The second-order valence-corrected chi connectivity index (χ2v) is 3.80. The summed E-state index contributed by atoms with van der Waals surface area (Å²) >= 11 is 0. The van der Waals surface area contributed by atoms with Gasteiger partial charge in [0.2, 0.25) is 0 Å². The molecule has 0 aromatic heterocycles. The minimum absolute atomic E-state index is 0.0197. The zero-order valence-corrected chi connectivity index (χ0v) is 8.23. The zero-order chi connectivity index (χ0) is 10.3. The molecule has 74 valence electrons. The predicted octanol–water partition coefficient (Wildman–Crippen LogP) is 1.81. The van der Waals surface area contributed by atoms with Crippen LogP contribution >= 0.6 is 0 Å². The highest BCUT2D eigenvalue weighted by Crippen LogP contribution is 2.22. The number of carbonyl (C=O) groups is 1. The van der Waals surface area contributed by atoms with Crippen LogP contribution in [0.15, 0.2) is 12.1 Å². The predicted molar refractivity (Wildman–Crippen MR) is 51.8 cm³/mol. The molecule has 0 saturated carbocycles. The van der Waals surface area contributed by atoms with E-state index < -0.39 is 0 Å². The van der Waals surface area contributed by atoms with Crippen molar-refractivity contribution < 1.29 is 9.18 Å². The molecule has 0 saturated heterocycles. The first kappa shape index (κ1) is 9.19. The van der Waals surface area contributed by atoms with Crippen molar-refractivity contribution in [2.45, 2.75) is 26.3 Å². The van der Waals surface area contributed by atoms with Crippen molar-refractivity contribution in [3.8, 4) is 0 Å². The molecule has 1 unspecified atom stereocenters. The number of hydrogen-bond acceptors (Lipinski definition) is 1. The van der Waals surface area contributed by atoms with E-state index in [0.29, 0.717) is 23.1 Å². The first-order valence-corrected chi connectivity index (χ1v) is 4.68. The fraction of sp³-hybridized carbons (Fsp3) is 0.364. The van der Waals surface area contributed by atoms with Crippen LogP contribution in [0.2, 0.25) is 0 Å². The van der Waals surface area contributed by atoms with E-state index in [1.165, 1.54) is 0 Å². The van der Waals surface area contributed by atoms with E-state index in [0.717, 1.165) is 0 Å². The molecule has 2 nitrogen and oxygen atoms in total. The lowest BCUT2D eigenvalue weighted by Crippen LogP contribution is -2.39. The second kappa shape index (κ2) is 3.08. The molecule has 1 aromatic rings. The van der Waals surface area contributed by atoms with Crippen LogP contribution in [0.5, 0.6) is 0 Å². The largest absolute Gasteiger partial charge is 0.349 e. The van der Waals surface area contributed by atoms with Crippen LogP contribution < -0.4 is 5.32 Å². The number of rotatable bonds is 0. The van der Waals surface area contributed by atoms with Crippen molar-refractivity contribution in [3.05, 3.63) is 34.6 Å². The highest BCUT2D eigenvalue weighted by atomic mass is 19.1. The Morgan fingerprint density at radius 3 is 2.93 bits per heavy atom. The van der Waals surface area contributed by atoms with Crippen molar-refractivity contribution in [2.75, 3.05) is 0 Å². The van der Waals surface area contributed by atoms with Crippen molar-refractivity contribution in [1.82, 2.24) is 5.32 Å². The molecule has 0 spiro atoms. The van der Waals surface area contributed by atoms with Crippen LogP contribution in [0.1, 0.15) is 28.4 Å². The van der Waals surface area contributed by atoms with Crippen LogP contribution in [-0.4, -0.2) is 11.9 Å². The smallest absolute Gasteiger partial charge is 0.251 e. The minimum Gasteiger partial charge on any atom is -0.349 e. The van der Waals surface area contributed by atoms with Gasteiger partial charge in [0.1, 0.15) is 5.82 Å². The van der Waals surface area contributed by atoms with Gasteiger partial charge < -0.3 is 5.32 Å². The third-order valence-electron chi connectivity index (χ3n) is 2.57. The van der Waals surface area contributed by atoms with Crippen LogP contribution in [0, 0.1) is 12.7 Å². The molecule has 3 heteroatoms. The molecule has 1 amide bonds. The van der Waals surface area contributed by atoms with Gasteiger partial charge in [0.15, 0.2) is 0 Å². The summed E-state index contributed by atoms with van der Waals surface area (Å²) in [6.45, 7) is 3.59. The summed E-state index contributed by atoms with van der Waals surface area (Å²) in [4.78, 5) is 11.5. The Bertz CT molecular complexity index is 401. The van der Waals surface area contributed by atoms with Crippen molar-refractivity contribution >= 4 is 5.91 Å². The third-order valence-corrected chi connectivity index (χ3v) is 2.57. The normalized spacial score (nSPS) is 20.2. The molecule has 1 aliphatic rings. The molecular weight excluding hydrogens is 181 g/mol. The summed E-state index contributed by atoms with van der Waals surface area (Å²) in [6.07, 6.45) is 0.578. The third kappa shape index (κ3) is 1.29. The van der Waals surface area contributed by atoms with Gasteiger partial charge in [-0.25, -0.2) is 4.39 Å². The summed E-state index contributed by atoms with van der Waals surface area (Å²) in [6, 6.07) is 3.35. The molecule has 2 rings (SSSR count). The van der Waals surface area contributed by atoms with Crippen molar-refractivity contribution in [2.24, 2.45) is 0 Å². The molecule has 1 aromatic carbocycles. The van der Waals surface area contributed by atoms with Gasteiger partial charge in [-0.15, -0.1) is 0 Å². The molecular formula is C11H12FNO. The maximum Gasteiger partial charge on any atom is 0.251 e. The monoisotopic (exact) mass is 193 g/mol. The fourth-order valence-corrected chi connectivity index (χ4v) is 1.81. The van der Waals surface area contributed by atoms with Crippen molar-refractivity contribution in [3.63, 3.8) is 0 Å². The number of fused-ring (bicyclic) bond motifs is 1. The van der Waals surface area contributed by atoms with Gasteiger partial charge in [0.05, 0.1) is 0 Å². The Hall–Kier alpha value is -1.38. The van der Waals surface area contributed by atoms with E-state index >= 15 is 0 Å². The van der Waals surface area contributed by atoms with Gasteiger partial charge in [-0.1, -0.05) is 6.07 Å². The lowest BCUT2D eigenvalue weighted by molar-refractivity contribution is 0.0928. The molecule has 0 aliphatic carbocycles. The van der Waals surface area contributed by atoms with Gasteiger partial charge in [-0.3, -0.25) is 4.79 Å². The Balaban J connectivity index is 2.59. The van der Waals surface area contributed by atoms with Crippen LogP contribution in [-0.2, 0) is 6.42 Å². The number of halogens is 1. The summed E-state index contributed by atoms with van der Waals surface area (Å²) < 4.78 is 13.7. The van der Waals surface area contributed by atoms with Crippen LogP contribution in [0.3, 0.4) is 0 Å². The number of nitrogens with one attached hydrogen (secondary N) is 1. The number of hydrogen-bond donors (Lipinski definition) is 1. The van der Waals surface area contributed by atoms with Crippen molar-refractivity contribution in [1.29, 1.82) is 0 Å². The lowest BCUT2D eigenvalue weighted by Gasteiger charge is -2.23. The Morgan fingerprint density at radius 2 is 2.21 bits per heavy atom. The topological polar surface area (TPSA) is 29.1 Å². The SMILES string of the molecule is Cc1ccc2c(c1F)CC(C)NC2=O. The Labute approximate surface area is 82.1 Å². The molecule has 1 heterocycles. The van der Waals surface area contributed by atoms with Crippen LogP contribution in [0.25, 0.3) is 0 Å². The van der Waals surface area contributed by atoms with Crippen LogP contribution in [0.4, 0.5) is 4.39 Å². The summed E-state index contributed by atoms with van der Waals surface area (Å²) in [7, 11) is 0. The highest BCUT2D eigenvalue weighted by molar-refractivity contribution is 5.97. The average molecular weight is 193 g/mol. The average Bonchev–Trinajstić information content (AvgIpc) is 2.12. The number of benzene rings is 1. The molecule has 0 bridgehead atoms. The summed E-state index contributed by atoms with van der Waals surface area (Å²) in [5.74, 6) is -0.401. The lowest BCUT2D eigenvalue weighted by atomic mass is 9.94. The Kier molecular flexibility index (Phi) is 2.02. The molecule has 0 fully saturated rings. The maximum absolute atomic E-state index is 13.7. The number of amides is 1. The molecule has 0 radical (unpaired) electrons. The molecule has 1 atom stereocenters. The first-order chi connectivity index (χ1) is 6.59. The standard InChI is InChI=1S/C11H12FNO/c1-6-3-4-8-9(10(6)12)5-7(2)13-11(8)14/h3-4,7H,5H2,1-2H3,(H,13,14). The zero-order valence-electron chi connectivity index (χ0n) is 8.23. The number of aryl methyl sites for hydroxylation is 1. The van der Waals surface area contributed by atoms with Gasteiger partial charge in [0, 0.05) is 17.2 Å². The fourth-order valence-electron chi connectivity index (χ4n) is 1.81.